The first-order chi connectivity index (χ1) is 8.20. The zero-order chi connectivity index (χ0) is 12.3. The van der Waals surface area contributed by atoms with Gasteiger partial charge in [-0.3, -0.25) is 0 Å². The minimum Gasteiger partial charge on any atom is -0.492 e. The minimum absolute atomic E-state index is 0.169. The Bertz CT molecular complexity index is 572. The molecule has 4 nitrogen and oxygen atoms in total. The monoisotopic (exact) mass is 246 g/mol. The number of hydrogen-bond acceptors (Lipinski definition) is 5. The fourth-order valence-electron chi connectivity index (χ4n) is 1.40. The third kappa shape index (κ3) is 2.55. The molecule has 86 valence electrons. The van der Waals surface area contributed by atoms with Crippen LogP contribution in [0.5, 0.6) is 11.6 Å². The summed E-state index contributed by atoms with van der Waals surface area (Å²) in [6.07, 6.45) is 0. The zero-order valence-corrected chi connectivity index (χ0v) is 9.99. The largest absolute Gasteiger partial charge is 0.492 e. The molecule has 0 aliphatic carbocycles. The Hall–Kier alpha value is -2.06. The molecular formula is C12H10N2O2S. The highest BCUT2D eigenvalue weighted by molar-refractivity contribution is 7.10. The van der Waals surface area contributed by atoms with Crippen LogP contribution < -0.4 is 4.74 Å². The minimum atomic E-state index is -0.169. The van der Waals surface area contributed by atoms with Gasteiger partial charge in [0.15, 0.2) is 4.88 Å². The Kier molecular flexibility index (Phi) is 3.26. The van der Waals surface area contributed by atoms with Crippen molar-refractivity contribution in [3.63, 3.8) is 0 Å². The predicted molar refractivity (Wildman–Crippen MR) is 64.0 cm³/mol. The maximum absolute atomic E-state index is 8.63. The molecule has 0 unspecified atom stereocenters. The van der Waals surface area contributed by atoms with Crippen LogP contribution in [-0.4, -0.2) is 10.1 Å². The lowest BCUT2D eigenvalue weighted by atomic mass is 10.1. The Labute approximate surface area is 103 Å². The van der Waals surface area contributed by atoms with Gasteiger partial charge in [0.1, 0.15) is 18.4 Å². The second kappa shape index (κ2) is 4.85. The van der Waals surface area contributed by atoms with Crippen LogP contribution in [0.4, 0.5) is 0 Å². The maximum Gasteiger partial charge on any atom is 0.240 e. The molecule has 0 radical (unpaired) electrons. The quantitative estimate of drug-likeness (QED) is 0.776. The van der Waals surface area contributed by atoms with Crippen LogP contribution in [0.2, 0.25) is 0 Å². The van der Waals surface area contributed by atoms with Crippen LogP contribution in [0.15, 0.2) is 23.7 Å². The summed E-state index contributed by atoms with van der Waals surface area (Å²) in [6.45, 7) is 2.88. The number of hydrogen-bond donors (Lipinski definition) is 1. The third-order valence-electron chi connectivity index (χ3n) is 2.36. The molecule has 0 fully saturated rings. The van der Waals surface area contributed by atoms with Crippen molar-refractivity contribution in [2.45, 2.75) is 13.5 Å². The summed E-state index contributed by atoms with van der Waals surface area (Å²) >= 11 is 1.13. The first-order valence-corrected chi connectivity index (χ1v) is 5.83. The SMILES string of the molecule is Cc1cc2ccc1CO2.N#Cc1scnc1O. The average molecular weight is 246 g/mol. The molecule has 17 heavy (non-hydrogen) atoms. The lowest BCUT2D eigenvalue weighted by Gasteiger charge is -2.15. The van der Waals surface area contributed by atoms with Gasteiger partial charge < -0.3 is 9.84 Å². The number of rotatable bonds is 0. The molecule has 2 aliphatic heterocycles. The van der Waals surface area contributed by atoms with Crippen molar-refractivity contribution in [2.75, 3.05) is 0 Å². The van der Waals surface area contributed by atoms with Crippen LogP contribution in [-0.2, 0) is 6.61 Å². The molecule has 2 aliphatic rings. The Morgan fingerprint density at radius 1 is 1.53 bits per heavy atom. The van der Waals surface area contributed by atoms with Gasteiger partial charge >= 0.3 is 0 Å². The van der Waals surface area contributed by atoms with Crippen molar-refractivity contribution in [2.24, 2.45) is 0 Å². The van der Waals surface area contributed by atoms with E-state index >= 15 is 0 Å². The summed E-state index contributed by atoms with van der Waals surface area (Å²) in [5.41, 5.74) is 4.08. The van der Waals surface area contributed by atoms with Crippen molar-refractivity contribution in [1.29, 1.82) is 5.26 Å². The first kappa shape index (κ1) is 11.4. The normalized spacial score (nSPS) is 11.1. The third-order valence-corrected chi connectivity index (χ3v) is 3.08. The average Bonchev–Trinajstić information content (AvgIpc) is 2.77. The van der Waals surface area contributed by atoms with Crippen molar-refractivity contribution in [3.8, 4) is 17.7 Å². The van der Waals surface area contributed by atoms with Gasteiger partial charge in [0, 0.05) is 0 Å². The van der Waals surface area contributed by atoms with Crippen molar-refractivity contribution < 1.29 is 9.84 Å². The predicted octanol–water partition coefficient (Wildman–Crippen LogP) is 2.61. The fraction of sp³-hybridized carbons (Fsp3) is 0.167. The van der Waals surface area contributed by atoms with Gasteiger partial charge in [0.2, 0.25) is 5.88 Å². The molecule has 0 amide bonds. The Morgan fingerprint density at radius 3 is 2.59 bits per heavy atom. The van der Waals surface area contributed by atoms with E-state index in [-0.39, 0.29) is 10.8 Å². The van der Waals surface area contributed by atoms with Gasteiger partial charge in [-0.15, -0.1) is 11.3 Å². The molecule has 2 bridgehead atoms. The van der Waals surface area contributed by atoms with Gasteiger partial charge in [-0.05, 0) is 30.2 Å². The van der Waals surface area contributed by atoms with E-state index in [1.807, 2.05) is 6.07 Å². The summed E-state index contributed by atoms with van der Waals surface area (Å²) in [5, 5.41) is 16.8. The lowest BCUT2D eigenvalue weighted by molar-refractivity contribution is 0.293. The number of nitriles is 1. The molecular weight excluding hydrogens is 236 g/mol. The Morgan fingerprint density at radius 2 is 2.35 bits per heavy atom. The van der Waals surface area contributed by atoms with E-state index in [0.29, 0.717) is 0 Å². The summed E-state index contributed by atoms with van der Waals surface area (Å²) < 4.78 is 5.26. The second-order valence-electron chi connectivity index (χ2n) is 3.49. The Balaban J connectivity index is 0.000000128. The van der Waals surface area contributed by atoms with Gasteiger partial charge in [0.05, 0.1) is 5.51 Å². The highest BCUT2D eigenvalue weighted by atomic mass is 32.1. The van der Waals surface area contributed by atoms with E-state index in [2.05, 4.69) is 24.0 Å². The zero-order valence-electron chi connectivity index (χ0n) is 9.17. The summed E-state index contributed by atoms with van der Waals surface area (Å²) in [5.74, 6) is 0.833. The van der Waals surface area contributed by atoms with Gasteiger partial charge in [-0.25, -0.2) is 4.98 Å². The van der Waals surface area contributed by atoms with E-state index in [9.17, 15) is 0 Å². The van der Waals surface area contributed by atoms with Gasteiger partial charge in [0.25, 0.3) is 0 Å². The van der Waals surface area contributed by atoms with Gasteiger partial charge in [-0.2, -0.15) is 5.26 Å². The molecule has 1 aromatic heterocycles. The highest BCUT2D eigenvalue weighted by Crippen LogP contribution is 2.23. The van der Waals surface area contributed by atoms with E-state index in [0.717, 1.165) is 23.7 Å². The number of aromatic nitrogens is 1. The number of ether oxygens (including phenoxy) is 1. The fourth-order valence-corrected chi connectivity index (χ4v) is 1.87. The topological polar surface area (TPSA) is 66.1 Å². The van der Waals surface area contributed by atoms with Crippen LogP contribution in [0.25, 0.3) is 0 Å². The number of aryl methyl sites for hydroxylation is 1. The van der Waals surface area contributed by atoms with Crippen LogP contribution >= 0.6 is 11.3 Å². The molecule has 0 spiro atoms. The summed E-state index contributed by atoms with van der Waals surface area (Å²) in [6, 6.07) is 7.97. The molecule has 5 heteroatoms. The van der Waals surface area contributed by atoms with Crippen LogP contribution in [0.3, 0.4) is 0 Å². The standard InChI is InChI=1S/C8H8O.C4H2N2OS/c1-6-4-8-3-2-7(6)5-9-8;5-1-3-4(7)6-2-8-3/h2-4H,5H2,1H3;2,7H. The maximum atomic E-state index is 8.63. The molecule has 4 rings (SSSR count). The second-order valence-corrected chi connectivity index (χ2v) is 4.35. The first-order valence-electron chi connectivity index (χ1n) is 4.95. The number of aromatic hydroxyl groups is 1. The molecule has 0 saturated heterocycles. The van der Waals surface area contributed by atoms with Crippen molar-refractivity contribution in [3.05, 3.63) is 39.7 Å². The van der Waals surface area contributed by atoms with Crippen molar-refractivity contribution in [1.82, 2.24) is 4.98 Å². The summed E-state index contributed by atoms with van der Waals surface area (Å²) in [7, 11) is 0. The number of thiazole rings is 1. The molecule has 1 N–H and O–H groups in total. The van der Waals surface area contributed by atoms with E-state index < -0.39 is 0 Å². The molecule has 2 aromatic rings. The van der Waals surface area contributed by atoms with E-state index in [4.69, 9.17) is 15.1 Å². The van der Waals surface area contributed by atoms with Crippen LogP contribution in [0.1, 0.15) is 16.0 Å². The lowest BCUT2D eigenvalue weighted by Crippen LogP contribution is -2.03. The van der Waals surface area contributed by atoms with E-state index in [1.54, 1.807) is 6.07 Å². The molecule has 0 atom stereocenters. The smallest absolute Gasteiger partial charge is 0.240 e. The number of fused-ring (bicyclic) bond motifs is 3. The molecule has 1 aromatic carbocycles. The van der Waals surface area contributed by atoms with Gasteiger partial charge in [-0.1, -0.05) is 6.07 Å². The van der Waals surface area contributed by atoms with Crippen molar-refractivity contribution >= 4 is 11.3 Å². The highest BCUT2D eigenvalue weighted by Gasteiger charge is 2.07. The molecule has 3 heterocycles. The van der Waals surface area contributed by atoms with E-state index in [1.165, 1.54) is 16.6 Å². The number of nitrogens with zero attached hydrogens (tertiary/aromatic N) is 2. The summed E-state index contributed by atoms with van der Waals surface area (Å²) in [4.78, 5) is 3.71. The number of benzene rings is 1. The van der Waals surface area contributed by atoms with Crippen LogP contribution in [0, 0.1) is 18.3 Å². The molecule has 0 saturated carbocycles.